The van der Waals surface area contributed by atoms with Crippen LogP contribution in [0.2, 0.25) is 0 Å². The average Bonchev–Trinajstić information content (AvgIpc) is 2.85. The maximum absolute atomic E-state index is 12.4. The molecule has 7 heteroatoms. The number of aliphatic hydroxyl groups is 1. The van der Waals surface area contributed by atoms with Crippen molar-refractivity contribution in [3.8, 4) is 0 Å². The van der Waals surface area contributed by atoms with E-state index in [1.165, 1.54) is 14.2 Å². The Labute approximate surface area is 108 Å². The van der Waals surface area contributed by atoms with E-state index >= 15 is 0 Å². The van der Waals surface area contributed by atoms with Gasteiger partial charge in [0.1, 0.15) is 0 Å². The normalized spacial score (nSPS) is 26.3. The van der Waals surface area contributed by atoms with Crippen LogP contribution in [0.4, 0.5) is 0 Å². The molecule has 0 bridgehead atoms. The Bertz CT molecular complexity index is 394. The Balaban J connectivity index is 2.94. The molecule has 106 valence electrons. The molecule has 0 saturated heterocycles. The van der Waals surface area contributed by atoms with E-state index in [9.17, 15) is 13.2 Å². The lowest BCUT2D eigenvalue weighted by atomic mass is 10.1. The third-order valence-electron chi connectivity index (χ3n) is 3.63. The van der Waals surface area contributed by atoms with Crippen LogP contribution in [0.25, 0.3) is 0 Å². The Morgan fingerprint density at radius 3 is 2.61 bits per heavy atom. The van der Waals surface area contributed by atoms with Crippen LogP contribution in [0.5, 0.6) is 0 Å². The first-order valence-corrected chi connectivity index (χ1v) is 7.52. The third kappa shape index (κ3) is 2.84. The van der Waals surface area contributed by atoms with Crippen LogP contribution in [0.15, 0.2) is 0 Å². The van der Waals surface area contributed by atoms with Crippen molar-refractivity contribution in [3.05, 3.63) is 0 Å². The largest absolute Gasteiger partial charge is 0.469 e. The van der Waals surface area contributed by atoms with Gasteiger partial charge in [0.15, 0.2) is 0 Å². The molecule has 1 aliphatic carbocycles. The summed E-state index contributed by atoms with van der Waals surface area (Å²) in [4.78, 5) is 11.6. The molecule has 0 aromatic heterocycles. The van der Waals surface area contributed by atoms with E-state index in [2.05, 4.69) is 4.74 Å². The van der Waals surface area contributed by atoms with Gasteiger partial charge in [-0.05, 0) is 19.8 Å². The van der Waals surface area contributed by atoms with Crippen molar-refractivity contribution in [1.82, 2.24) is 4.31 Å². The van der Waals surface area contributed by atoms with E-state index in [1.54, 1.807) is 6.92 Å². The summed E-state index contributed by atoms with van der Waals surface area (Å²) in [7, 11) is -0.880. The Hall–Kier alpha value is -0.660. The van der Waals surface area contributed by atoms with E-state index < -0.39 is 33.2 Å². The Morgan fingerprint density at radius 2 is 2.11 bits per heavy atom. The maximum atomic E-state index is 12.4. The molecule has 0 spiro atoms. The van der Waals surface area contributed by atoms with Gasteiger partial charge in [0.25, 0.3) is 0 Å². The minimum Gasteiger partial charge on any atom is -0.469 e. The summed E-state index contributed by atoms with van der Waals surface area (Å²) in [5, 5.41) is 8.30. The highest BCUT2D eigenvalue weighted by molar-refractivity contribution is 7.89. The zero-order valence-corrected chi connectivity index (χ0v) is 11.8. The third-order valence-corrected chi connectivity index (χ3v) is 6.12. The van der Waals surface area contributed by atoms with Crippen LogP contribution in [0, 0.1) is 5.92 Å². The van der Waals surface area contributed by atoms with Crippen LogP contribution in [-0.4, -0.2) is 55.9 Å². The average molecular weight is 279 g/mol. The molecular formula is C11H21NO5S. The molecule has 0 aromatic carbocycles. The number of methoxy groups -OCH3 is 1. The van der Waals surface area contributed by atoms with Gasteiger partial charge in [-0.1, -0.05) is 6.42 Å². The first-order chi connectivity index (χ1) is 8.36. The molecule has 0 amide bonds. The number of likely N-dealkylation sites (N-methyl/N-ethyl adjacent to an activating group) is 1. The number of esters is 1. The van der Waals surface area contributed by atoms with Crippen LogP contribution in [-0.2, 0) is 19.6 Å². The SMILES string of the molecule is COC(=O)C1CCCC1S(=O)(=O)N(C)C(C)CO. The van der Waals surface area contributed by atoms with E-state index in [0.717, 1.165) is 4.31 Å². The topological polar surface area (TPSA) is 83.9 Å². The minimum atomic E-state index is -3.58. The summed E-state index contributed by atoms with van der Waals surface area (Å²) < 4.78 is 30.5. The van der Waals surface area contributed by atoms with Crippen LogP contribution in [0.1, 0.15) is 26.2 Å². The predicted octanol–water partition coefficient (Wildman–Crippen LogP) is -0.0295. The molecule has 0 heterocycles. The lowest BCUT2D eigenvalue weighted by molar-refractivity contribution is -0.145. The molecule has 1 fully saturated rings. The zero-order valence-electron chi connectivity index (χ0n) is 11.0. The zero-order chi connectivity index (χ0) is 13.9. The number of rotatable bonds is 5. The number of nitrogens with zero attached hydrogens (tertiary/aromatic N) is 1. The predicted molar refractivity (Wildman–Crippen MR) is 66.4 cm³/mol. The summed E-state index contributed by atoms with van der Waals surface area (Å²) in [6.45, 7) is 1.38. The van der Waals surface area contributed by atoms with Gasteiger partial charge in [0.05, 0.1) is 24.9 Å². The van der Waals surface area contributed by atoms with Gasteiger partial charge in [0, 0.05) is 13.1 Å². The molecular weight excluding hydrogens is 258 g/mol. The van der Waals surface area contributed by atoms with E-state index in [1.807, 2.05) is 0 Å². The highest BCUT2D eigenvalue weighted by Crippen LogP contribution is 2.33. The fourth-order valence-electron chi connectivity index (χ4n) is 2.28. The highest BCUT2D eigenvalue weighted by atomic mass is 32.2. The fourth-order valence-corrected chi connectivity index (χ4v) is 4.41. The number of hydrogen-bond donors (Lipinski definition) is 1. The van der Waals surface area contributed by atoms with Gasteiger partial charge < -0.3 is 9.84 Å². The van der Waals surface area contributed by atoms with Gasteiger partial charge in [-0.3, -0.25) is 4.79 Å². The summed E-state index contributed by atoms with van der Waals surface area (Å²) >= 11 is 0. The van der Waals surface area contributed by atoms with Gasteiger partial charge in [0.2, 0.25) is 10.0 Å². The number of hydrogen-bond acceptors (Lipinski definition) is 5. The molecule has 6 nitrogen and oxygen atoms in total. The molecule has 1 aliphatic rings. The van der Waals surface area contributed by atoms with Crippen LogP contribution < -0.4 is 0 Å². The van der Waals surface area contributed by atoms with E-state index in [-0.39, 0.29) is 6.61 Å². The van der Waals surface area contributed by atoms with Crippen molar-refractivity contribution < 1.29 is 23.1 Å². The smallest absolute Gasteiger partial charge is 0.310 e. The van der Waals surface area contributed by atoms with Crippen molar-refractivity contribution in [2.75, 3.05) is 20.8 Å². The Kier molecular flexibility index (Phi) is 5.12. The summed E-state index contributed by atoms with van der Waals surface area (Å²) in [5.74, 6) is -1.06. The van der Waals surface area contributed by atoms with Crippen molar-refractivity contribution in [3.63, 3.8) is 0 Å². The molecule has 1 saturated carbocycles. The minimum absolute atomic E-state index is 0.245. The quantitative estimate of drug-likeness (QED) is 0.714. The van der Waals surface area contributed by atoms with E-state index in [0.29, 0.717) is 19.3 Å². The number of carbonyl (C=O) groups is 1. The van der Waals surface area contributed by atoms with Crippen molar-refractivity contribution in [2.45, 2.75) is 37.5 Å². The first-order valence-electron chi connectivity index (χ1n) is 6.01. The van der Waals surface area contributed by atoms with Crippen molar-refractivity contribution in [2.24, 2.45) is 5.92 Å². The molecule has 0 aliphatic heterocycles. The summed E-state index contributed by atoms with van der Waals surface area (Å²) in [5.41, 5.74) is 0. The Morgan fingerprint density at radius 1 is 1.50 bits per heavy atom. The number of carbonyl (C=O) groups excluding carboxylic acids is 1. The highest BCUT2D eigenvalue weighted by Gasteiger charge is 2.44. The van der Waals surface area contributed by atoms with Gasteiger partial charge in [-0.15, -0.1) is 0 Å². The lowest BCUT2D eigenvalue weighted by Crippen LogP contribution is -2.45. The molecule has 0 radical (unpaired) electrons. The number of sulfonamides is 1. The van der Waals surface area contributed by atoms with Gasteiger partial charge in [-0.2, -0.15) is 4.31 Å². The maximum Gasteiger partial charge on any atom is 0.310 e. The van der Waals surface area contributed by atoms with Crippen molar-refractivity contribution in [1.29, 1.82) is 0 Å². The second kappa shape index (κ2) is 5.99. The molecule has 3 atom stereocenters. The molecule has 1 rings (SSSR count). The molecule has 0 aromatic rings. The fraction of sp³-hybridized carbons (Fsp3) is 0.909. The van der Waals surface area contributed by atoms with Gasteiger partial charge in [-0.25, -0.2) is 8.42 Å². The summed E-state index contributed by atoms with van der Waals surface area (Å²) in [6, 6.07) is -0.492. The molecule has 3 unspecified atom stereocenters. The molecule has 18 heavy (non-hydrogen) atoms. The standard InChI is InChI=1S/C11H21NO5S/c1-8(7-13)12(2)18(15,16)10-6-4-5-9(10)11(14)17-3/h8-10,13H,4-7H2,1-3H3. The van der Waals surface area contributed by atoms with Crippen LogP contribution in [0.3, 0.4) is 0 Å². The summed E-state index contributed by atoms with van der Waals surface area (Å²) in [6.07, 6.45) is 1.70. The second-order valence-corrected chi connectivity index (χ2v) is 6.90. The van der Waals surface area contributed by atoms with Crippen LogP contribution >= 0.6 is 0 Å². The van der Waals surface area contributed by atoms with Crippen molar-refractivity contribution >= 4 is 16.0 Å². The van der Waals surface area contributed by atoms with Gasteiger partial charge >= 0.3 is 5.97 Å². The molecule has 1 N–H and O–H groups in total. The number of aliphatic hydroxyl groups excluding tert-OH is 1. The number of ether oxygens (including phenoxy) is 1. The monoisotopic (exact) mass is 279 g/mol. The van der Waals surface area contributed by atoms with E-state index in [4.69, 9.17) is 5.11 Å². The second-order valence-electron chi connectivity index (χ2n) is 4.69. The lowest BCUT2D eigenvalue weighted by Gasteiger charge is -2.28. The first kappa shape index (κ1) is 15.4.